The SMILES string of the molecule is CC(C)c1cc(-c2ccccc2C(C)(C)c2ccccc2-c2ccc(O)c(C(C)C)c2)ccc1O. The van der Waals surface area contributed by atoms with Crippen molar-refractivity contribution in [2.45, 2.75) is 58.8 Å². The molecule has 0 saturated heterocycles. The zero-order chi connectivity index (χ0) is 25.3. The summed E-state index contributed by atoms with van der Waals surface area (Å²) < 4.78 is 0. The zero-order valence-electron chi connectivity index (χ0n) is 21.6. The minimum atomic E-state index is -0.293. The third-order valence-corrected chi connectivity index (χ3v) is 7.12. The molecule has 2 heteroatoms. The molecule has 0 amide bonds. The Balaban J connectivity index is 1.89. The molecule has 0 unspecified atom stereocenters. The number of aromatic hydroxyl groups is 2. The van der Waals surface area contributed by atoms with E-state index in [9.17, 15) is 10.2 Å². The highest BCUT2D eigenvalue weighted by Crippen LogP contribution is 2.43. The Labute approximate surface area is 209 Å². The van der Waals surface area contributed by atoms with Crippen LogP contribution in [0.1, 0.15) is 75.6 Å². The Morgan fingerprint density at radius 3 is 1.29 bits per heavy atom. The maximum atomic E-state index is 10.4. The first-order chi connectivity index (χ1) is 16.6. The lowest BCUT2D eigenvalue weighted by Crippen LogP contribution is -2.21. The van der Waals surface area contributed by atoms with Gasteiger partial charge in [-0.05, 0) is 80.6 Å². The first-order valence-corrected chi connectivity index (χ1v) is 12.5. The van der Waals surface area contributed by atoms with Gasteiger partial charge in [-0.3, -0.25) is 0 Å². The van der Waals surface area contributed by atoms with Crippen LogP contribution in [-0.4, -0.2) is 10.2 Å². The van der Waals surface area contributed by atoms with Crippen molar-refractivity contribution < 1.29 is 10.2 Å². The summed E-state index contributed by atoms with van der Waals surface area (Å²) in [4.78, 5) is 0. The average molecular weight is 465 g/mol. The lowest BCUT2D eigenvalue weighted by Gasteiger charge is -2.31. The van der Waals surface area contributed by atoms with Crippen LogP contribution in [0.4, 0.5) is 0 Å². The van der Waals surface area contributed by atoms with E-state index in [-0.39, 0.29) is 17.3 Å². The smallest absolute Gasteiger partial charge is 0.119 e. The van der Waals surface area contributed by atoms with E-state index < -0.39 is 0 Å². The monoisotopic (exact) mass is 464 g/mol. The predicted molar refractivity (Wildman–Crippen MR) is 147 cm³/mol. The second kappa shape index (κ2) is 9.62. The molecule has 4 aromatic carbocycles. The molecular formula is C33H36O2. The molecule has 0 saturated carbocycles. The van der Waals surface area contributed by atoms with Gasteiger partial charge in [0.2, 0.25) is 0 Å². The number of benzene rings is 4. The van der Waals surface area contributed by atoms with Gasteiger partial charge < -0.3 is 10.2 Å². The van der Waals surface area contributed by atoms with Gasteiger partial charge in [-0.25, -0.2) is 0 Å². The molecular weight excluding hydrogens is 428 g/mol. The molecule has 0 fully saturated rings. The van der Waals surface area contributed by atoms with Gasteiger partial charge in [-0.15, -0.1) is 0 Å². The van der Waals surface area contributed by atoms with E-state index in [0.29, 0.717) is 11.5 Å². The lowest BCUT2D eigenvalue weighted by molar-refractivity contribution is 0.464. The highest BCUT2D eigenvalue weighted by molar-refractivity contribution is 5.76. The standard InChI is InChI=1S/C33H36O2/c1-21(2)27-19-23(15-17-31(27)34)25-11-7-9-13-29(25)33(5,6)30-14-10-8-12-26(30)24-16-18-32(35)28(20-24)22(3)4/h7-22,34-35H,1-6H3. The van der Waals surface area contributed by atoms with Crippen LogP contribution in [-0.2, 0) is 5.41 Å². The Morgan fingerprint density at radius 1 is 0.543 bits per heavy atom. The van der Waals surface area contributed by atoms with Crippen molar-refractivity contribution in [3.8, 4) is 33.8 Å². The summed E-state index contributed by atoms with van der Waals surface area (Å²) in [6, 6.07) is 29.0. The van der Waals surface area contributed by atoms with Gasteiger partial charge >= 0.3 is 0 Å². The van der Waals surface area contributed by atoms with Crippen LogP contribution in [0.5, 0.6) is 11.5 Å². The molecule has 0 aromatic heterocycles. The molecule has 0 atom stereocenters. The summed E-state index contributed by atoms with van der Waals surface area (Å²) in [7, 11) is 0. The van der Waals surface area contributed by atoms with Crippen molar-refractivity contribution >= 4 is 0 Å². The second-order valence-electron chi connectivity index (χ2n) is 10.6. The number of phenols is 2. The highest BCUT2D eigenvalue weighted by atomic mass is 16.3. The minimum absolute atomic E-state index is 0.237. The molecule has 4 aromatic rings. The molecule has 4 rings (SSSR count). The van der Waals surface area contributed by atoms with Crippen LogP contribution in [0.2, 0.25) is 0 Å². The van der Waals surface area contributed by atoms with Crippen LogP contribution in [0.25, 0.3) is 22.3 Å². The molecule has 0 aliphatic carbocycles. The molecule has 0 aliphatic rings. The van der Waals surface area contributed by atoms with Gasteiger partial charge in [-0.2, -0.15) is 0 Å². The molecule has 0 spiro atoms. The van der Waals surface area contributed by atoms with Crippen LogP contribution < -0.4 is 0 Å². The molecule has 0 heterocycles. The van der Waals surface area contributed by atoms with E-state index in [4.69, 9.17) is 0 Å². The van der Waals surface area contributed by atoms with E-state index in [1.165, 1.54) is 22.3 Å². The fourth-order valence-corrected chi connectivity index (χ4v) is 5.07. The topological polar surface area (TPSA) is 40.5 Å². The van der Waals surface area contributed by atoms with Crippen LogP contribution in [0.3, 0.4) is 0 Å². The van der Waals surface area contributed by atoms with Crippen molar-refractivity contribution in [3.05, 3.63) is 107 Å². The Kier molecular flexibility index (Phi) is 6.76. The molecule has 180 valence electrons. The molecule has 2 N–H and O–H groups in total. The predicted octanol–water partition coefficient (Wildman–Crippen LogP) is 9.00. The lowest BCUT2D eigenvalue weighted by atomic mass is 9.72. The maximum absolute atomic E-state index is 10.4. The Bertz CT molecular complexity index is 1240. The highest BCUT2D eigenvalue weighted by Gasteiger charge is 2.29. The van der Waals surface area contributed by atoms with Crippen LogP contribution >= 0.6 is 0 Å². The van der Waals surface area contributed by atoms with Gasteiger partial charge in [0.15, 0.2) is 0 Å². The van der Waals surface area contributed by atoms with E-state index in [0.717, 1.165) is 22.3 Å². The van der Waals surface area contributed by atoms with E-state index in [2.05, 4.69) is 102 Å². The van der Waals surface area contributed by atoms with Crippen molar-refractivity contribution in [2.75, 3.05) is 0 Å². The number of hydrogen-bond donors (Lipinski definition) is 2. The summed E-state index contributed by atoms with van der Waals surface area (Å²) in [5, 5.41) is 20.8. The van der Waals surface area contributed by atoms with Crippen LogP contribution in [0, 0.1) is 0 Å². The van der Waals surface area contributed by atoms with Crippen molar-refractivity contribution in [3.63, 3.8) is 0 Å². The average Bonchev–Trinajstić information content (AvgIpc) is 2.84. The summed E-state index contributed by atoms with van der Waals surface area (Å²) in [6.45, 7) is 13.0. The fraction of sp³-hybridized carbons (Fsp3) is 0.273. The number of rotatable bonds is 6. The molecule has 35 heavy (non-hydrogen) atoms. The van der Waals surface area contributed by atoms with Crippen LogP contribution in [0.15, 0.2) is 84.9 Å². The zero-order valence-corrected chi connectivity index (χ0v) is 21.6. The van der Waals surface area contributed by atoms with Gasteiger partial charge in [0.1, 0.15) is 11.5 Å². The Morgan fingerprint density at radius 2 is 0.914 bits per heavy atom. The number of hydrogen-bond acceptors (Lipinski definition) is 2. The number of phenolic OH excluding ortho intramolecular Hbond substituents is 2. The largest absolute Gasteiger partial charge is 0.508 e. The Hall–Kier alpha value is -3.52. The quantitative estimate of drug-likeness (QED) is 0.299. The third kappa shape index (κ3) is 4.71. The van der Waals surface area contributed by atoms with Gasteiger partial charge in [-0.1, -0.05) is 102 Å². The van der Waals surface area contributed by atoms with E-state index in [1.807, 2.05) is 24.3 Å². The van der Waals surface area contributed by atoms with Gasteiger partial charge in [0, 0.05) is 5.41 Å². The fourth-order valence-electron chi connectivity index (χ4n) is 5.07. The normalized spacial score (nSPS) is 11.9. The van der Waals surface area contributed by atoms with E-state index >= 15 is 0 Å². The van der Waals surface area contributed by atoms with Gasteiger partial charge in [0.05, 0.1) is 0 Å². The molecule has 0 bridgehead atoms. The maximum Gasteiger partial charge on any atom is 0.119 e. The summed E-state index contributed by atoms with van der Waals surface area (Å²) in [5.41, 5.74) is 8.65. The van der Waals surface area contributed by atoms with Gasteiger partial charge in [0.25, 0.3) is 0 Å². The third-order valence-electron chi connectivity index (χ3n) is 7.12. The van der Waals surface area contributed by atoms with Crippen molar-refractivity contribution in [2.24, 2.45) is 0 Å². The molecule has 0 radical (unpaired) electrons. The first kappa shape index (κ1) is 24.6. The molecule has 2 nitrogen and oxygen atoms in total. The summed E-state index contributed by atoms with van der Waals surface area (Å²) >= 11 is 0. The second-order valence-corrected chi connectivity index (χ2v) is 10.6. The van der Waals surface area contributed by atoms with Crippen molar-refractivity contribution in [1.29, 1.82) is 0 Å². The van der Waals surface area contributed by atoms with Crippen molar-refractivity contribution in [1.82, 2.24) is 0 Å². The minimum Gasteiger partial charge on any atom is -0.508 e. The summed E-state index contributed by atoms with van der Waals surface area (Å²) in [5.74, 6) is 1.17. The summed E-state index contributed by atoms with van der Waals surface area (Å²) in [6.07, 6.45) is 0. The first-order valence-electron chi connectivity index (χ1n) is 12.5. The molecule has 0 aliphatic heterocycles. The van der Waals surface area contributed by atoms with E-state index in [1.54, 1.807) is 0 Å².